The van der Waals surface area contributed by atoms with E-state index >= 15 is 0 Å². The number of carbonyl (C=O) groups excluding carboxylic acids is 1. The third-order valence-electron chi connectivity index (χ3n) is 5.20. The molecule has 0 spiro atoms. The van der Waals surface area contributed by atoms with Gasteiger partial charge in [0.2, 0.25) is 0 Å². The maximum Gasteiger partial charge on any atom is 0.271 e. The van der Waals surface area contributed by atoms with Crippen LogP contribution in [0, 0.1) is 11.6 Å². The SMILES string of the molecule is O=C(NCCN1CCN(c2ccc(F)cc2)CC1)c1ccn(-c2ccccc2F)n1. The van der Waals surface area contributed by atoms with Gasteiger partial charge in [0.1, 0.15) is 17.3 Å². The summed E-state index contributed by atoms with van der Waals surface area (Å²) in [6, 6.07) is 14.4. The first-order valence-electron chi connectivity index (χ1n) is 9.92. The van der Waals surface area contributed by atoms with Crippen LogP contribution in [0.4, 0.5) is 14.5 Å². The molecule has 1 amide bonds. The van der Waals surface area contributed by atoms with Gasteiger partial charge in [-0.05, 0) is 42.5 Å². The zero-order valence-corrected chi connectivity index (χ0v) is 16.5. The van der Waals surface area contributed by atoms with Crippen molar-refractivity contribution < 1.29 is 13.6 Å². The molecular formula is C22H23F2N5O. The molecule has 4 rings (SSSR count). The van der Waals surface area contributed by atoms with Crippen LogP contribution in [0.2, 0.25) is 0 Å². The fourth-order valence-corrected chi connectivity index (χ4v) is 3.52. The van der Waals surface area contributed by atoms with E-state index in [4.69, 9.17) is 0 Å². The smallest absolute Gasteiger partial charge is 0.271 e. The summed E-state index contributed by atoms with van der Waals surface area (Å²) in [5.41, 5.74) is 1.57. The highest BCUT2D eigenvalue weighted by Crippen LogP contribution is 2.17. The van der Waals surface area contributed by atoms with E-state index in [2.05, 4.69) is 20.2 Å². The molecule has 3 aromatic rings. The molecule has 0 saturated carbocycles. The van der Waals surface area contributed by atoms with E-state index in [1.165, 1.54) is 22.9 Å². The van der Waals surface area contributed by atoms with Gasteiger partial charge in [0.05, 0.1) is 0 Å². The Hall–Kier alpha value is -3.26. The lowest BCUT2D eigenvalue weighted by Crippen LogP contribution is -2.48. The number of piperazine rings is 1. The highest BCUT2D eigenvalue weighted by atomic mass is 19.1. The molecule has 8 heteroatoms. The Kier molecular flexibility index (Phi) is 6.04. The lowest BCUT2D eigenvalue weighted by molar-refractivity contribution is 0.0942. The quantitative estimate of drug-likeness (QED) is 0.678. The van der Waals surface area contributed by atoms with Crippen LogP contribution in [0.25, 0.3) is 5.69 Å². The van der Waals surface area contributed by atoms with Crippen molar-refractivity contribution in [2.45, 2.75) is 0 Å². The number of para-hydroxylation sites is 1. The zero-order valence-electron chi connectivity index (χ0n) is 16.5. The van der Waals surface area contributed by atoms with Gasteiger partial charge >= 0.3 is 0 Å². The number of halogens is 2. The number of hydrogen-bond donors (Lipinski definition) is 1. The molecule has 156 valence electrons. The van der Waals surface area contributed by atoms with Gasteiger partial charge in [0.15, 0.2) is 5.69 Å². The minimum atomic E-state index is -0.396. The number of rotatable bonds is 6. The summed E-state index contributed by atoms with van der Waals surface area (Å²) in [5, 5.41) is 7.04. The second-order valence-corrected chi connectivity index (χ2v) is 7.16. The first-order chi connectivity index (χ1) is 14.6. The van der Waals surface area contributed by atoms with Crippen molar-refractivity contribution in [1.29, 1.82) is 0 Å². The summed E-state index contributed by atoms with van der Waals surface area (Å²) in [5.74, 6) is -0.908. The summed E-state index contributed by atoms with van der Waals surface area (Å²) in [7, 11) is 0. The Bertz CT molecular complexity index is 997. The zero-order chi connectivity index (χ0) is 20.9. The highest BCUT2D eigenvalue weighted by Gasteiger charge is 2.18. The second kappa shape index (κ2) is 9.04. The fourth-order valence-electron chi connectivity index (χ4n) is 3.52. The molecule has 1 saturated heterocycles. The molecule has 1 aromatic heterocycles. The highest BCUT2D eigenvalue weighted by molar-refractivity contribution is 5.92. The molecule has 2 heterocycles. The van der Waals surface area contributed by atoms with Crippen molar-refractivity contribution in [3.05, 3.63) is 78.1 Å². The van der Waals surface area contributed by atoms with Crippen molar-refractivity contribution >= 4 is 11.6 Å². The topological polar surface area (TPSA) is 53.4 Å². The number of nitrogens with zero attached hydrogens (tertiary/aromatic N) is 4. The van der Waals surface area contributed by atoms with Crippen LogP contribution in [-0.4, -0.2) is 59.9 Å². The third-order valence-corrected chi connectivity index (χ3v) is 5.20. The average Bonchev–Trinajstić information content (AvgIpc) is 3.25. The molecule has 0 aliphatic carbocycles. The van der Waals surface area contributed by atoms with Crippen LogP contribution in [0.1, 0.15) is 10.5 Å². The summed E-state index contributed by atoms with van der Waals surface area (Å²) >= 11 is 0. The molecule has 1 aliphatic rings. The number of carbonyl (C=O) groups is 1. The molecule has 1 fully saturated rings. The maximum atomic E-state index is 13.9. The molecule has 6 nitrogen and oxygen atoms in total. The van der Waals surface area contributed by atoms with E-state index in [0.717, 1.165) is 38.4 Å². The Morgan fingerprint density at radius 3 is 2.43 bits per heavy atom. The van der Waals surface area contributed by atoms with E-state index in [1.54, 1.807) is 42.6 Å². The van der Waals surface area contributed by atoms with Gasteiger partial charge in [-0.15, -0.1) is 0 Å². The summed E-state index contributed by atoms with van der Waals surface area (Å²) in [4.78, 5) is 16.8. The Labute approximate surface area is 173 Å². The number of nitrogens with one attached hydrogen (secondary N) is 1. The van der Waals surface area contributed by atoms with Crippen molar-refractivity contribution in [2.24, 2.45) is 0 Å². The van der Waals surface area contributed by atoms with Gasteiger partial charge in [0.25, 0.3) is 5.91 Å². The molecular weight excluding hydrogens is 388 g/mol. The molecule has 1 N–H and O–H groups in total. The lowest BCUT2D eigenvalue weighted by atomic mass is 10.2. The van der Waals surface area contributed by atoms with E-state index < -0.39 is 5.82 Å². The monoisotopic (exact) mass is 411 g/mol. The molecule has 0 radical (unpaired) electrons. The normalized spacial score (nSPS) is 14.7. The molecule has 0 atom stereocenters. The standard InChI is InChI=1S/C22H23F2N5O/c23-17-5-7-18(8-6-17)28-15-13-27(14-16-28)12-10-25-22(30)20-9-11-29(26-20)21-4-2-1-3-19(21)24/h1-9,11H,10,12-16H2,(H,25,30). The van der Waals surface area contributed by atoms with E-state index in [1.807, 2.05) is 0 Å². The van der Waals surface area contributed by atoms with Gasteiger partial charge in [-0.3, -0.25) is 9.69 Å². The lowest BCUT2D eigenvalue weighted by Gasteiger charge is -2.36. The van der Waals surface area contributed by atoms with Crippen molar-refractivity contribution in [3.63, 3.8) is 0 Å². The predicted molar refractivity (Wildman–Crippen MR) is 111 cm³/mol. The summed E-state index contributed by atoms with van der Waals surface area (Å²) in [6.07, 6.45) is 1.57. The summed E-state index contributed by atoms with van der Waals surface area (Å²) < 4.78 is 28.3. The first kappa shape index (κ1) is 20.0. The Morgan fingerprint density at radius 1 is 0.967 bits per heavy atom. The van der Waals surface area contributed by atoms with Gasteiger partial charge in [0, 0.05) is 51.2 Å². The number of amides is 1. The predicted octanol–water partition coefficient (Wildman–Crippen LogP) is 2.70. The van der Waals surface area contributed by atoms with E-state index in [-0.39, 0.29) is 17.4 Å². The largest absolute Gasteiger partial charge is 0.369 e. The van der Waals surface area contributed by atoms with Gasteiger partial charge < -0.3 is 10.2 Å². The first-order valence-corrected chi connectivity index (χ1v) is 9.92. The number of anilines is 1. The molecule has 2 aromatic carbocycles. The third kappa shape index (κ3) is 4.65. The Balaban J connectivity index is 1.23. The minimum Gasteiger partial charge on any atom is -0.369 e. The van der Waals surface area contributed by atoms with Crippen molar-refractivity contribution in [1.82, 2.24) is 20.0 Å². The van der Waals surface area contributed by atoms with E-state index in [9.17, 15) is 13.6 Å². The number of hydrogen-bond acceptors (Lipinski definition) is 4. The minimum absolute atomic E-state index is 0.230. The van der Waals surface area contributed by atoms with Crippen LogP contribution in [-0.2, 0) is 0 Å². The van der Waals surface area contributed by atoms with Crippen LogP contribution < -0.4 is 10.2 Å². The maximum absolute atomic E-state index is 13.9. The second-order valence-electron chi connectivity index (χ2n) is 7.16. The molecule has 1 aliphatic heterocycles. The Morgan fingerprint density at radius 2 is 1.70 bits per heavy atom. The fraction of sp³-hybridized carbons (Fsp3) is 0.273. The van der Waals surface area contributed by atoms with E-state index in [0.29, 0.717) is 12.2 Å². The van der Waals surface area contributed by atoms with Crippen LogP contribution in [0.15, 0.2) is 60.8 Å². The van der Waals surface area contributed by atoms with Crippen molar-refractivity contribution in [3.8, 4) is 5.69 Å². The van der Waals surface area contributed by atoms with Crippen LogP contribution >= 0.6 is 0 Å². The van der Waals surface area contributed by atoms with Gasteiger partial charge in [-0.2, -0.15) is 5.10 Å². The average molecular weight is 411 g/mol. The van der Waals surface area contributed by atoms with Crippen LogP contribution in [0.5, 0.6) is 0 Å². The summed E-state index contributed by atoms with van der Waals surface area (Å²) in [6.45, 7) is 4.68. The number of benzene rings is 2. The molecule has 30 heavy (non-hydrogen) atoms. The number of aromatic nitrogens is 2. The van der Waals surface area contributed by atoms with Gasteiger partial charge in [-0.1, -0.05) is 12.1 Å². The molecule has 0 unspecified atom stereocenters. The van der Waals surface area contributed by atoms with Crippen LogP contribution in [0.3, 0.4) is 0 Å². The van der Waals surface area contributed by atoms with Crippen molar-refractivity contribution in [2.75, 3.05) is 44.2 Å². The molecule has 0 bridgehead atoms. The van der Waals surface area contributed by atoms with Gasteiger partial charge in [-0.25, -0.2) is 13.5 Å².